The van der Waals surface area contributed by atoms with E-state index in [1.807, 2.05) is 30.3 Å². The quantitative estimate of drug-likeness (QED) is 0.837. The van der Waals surface area contributed by atoms with Crippen molar-refractivity contribution in [3.8, 4) is 0 Å². The molecule has 0 unspecified atom stereocenters. The Balaban J connectivity index is 2.33. The highest BCUT2D eigenvalue weighted by molar-refractivity contribution is 8.01. The van der Waals surface area contributed by atoms with Crippen molar-refractivity contribution >= 4 is 35.3 Å². The van der Waals surface area contributed by atoms with Crippen molar-refractivity contribution in [3.63, 3.8) is 0 Å². The van der Waals surface area contributed by atoms with Crippen LogP contribution in [0.4, 0.5) is 0 Å². The van der Waals surface area contributed by atoms with Crippen LogP contribution in [-0.4, -0.2) is 9.97 Å². The van der Waals surface area contributed by atoms with Gasteiger partial charge in [0.15, 0.2) is 8.29 Å². The lowest BCUT2D eigenvalue weighted by molar-refractivity contribution is 1.03. The smallest absolute Gasteiger partial charge is 0.288 e. The lowest BCUT2D eigenvalue weighted by atomic mass is 10.4. The zero-order valence-corrected chi connectivity index (χ0v) is 9.92. The molecule has 0 aliphatic carbocycles. The molecular formula is C9H6N2OS3. The van der Waals surface area contributed by atoms with Gasteiger partial charge in [-0.15, -0.1) is 0 Å². The van der Waals surface area contributed by atoms with E-state index >= 15 is 0 Å². The average molecular weight is 254 g/mol. The van der Waals surface area contributed by atoms with Crippen LogP contribution in [0, 0.1) is 3.95 Å². The Labute approximate surface area is 99.2 Å². The third-order valence-electron chi connectivity index (χ3n) is 1.53. The summed E-state index contributed by atoms with van der Waals surface area (Å²) in [6.07, 6.45) is 0. The summed E-state index contributed by atoms with van der Waals surface area (Å²) in [5, 5.41) is 0. The number of hydrogen-bond donors (Lipinski definition) is 1. The Kier molecular flexibility index (Phi) is 3.30. The third-order valence-corrected chi connectivity index (χ3v) is 3.71. The minimum Gasteiger partial charge on any atom is -0.288 e. The number of nitrogens with one attached hydrogen (secondary N) is 1. The van der Waals surface area contributed by atoms with E-state index < -0.39 is 5.69 Å². The van der Waals surface area contributed by atoms with Gasteiger partial charge in [-0.1, -0.05) is 41.3 Å². The fourth-order valence-electron chi connectivity index (χ4n) is 0.959. The van der Waals surface area contributed by atoms with E-state index in [1.54, 1.807) is 0 Å². The van der Waals surface area contributed by atoms with Gasteiger partial charge in [0.25, 0.3) is 0 Å². The predicted octanol–water partition coefficient (Wildman–Crippen LogP) is 2.71. The topological polar surface area (TPSA) is 45.8 Å². The minimum atomic E-state index is -0.391. The molecule has 2 rings (SSSR count). The van der Waals surface area contributed by atoms with Crippen molar-refractivity contribution in [1.82, 2.24) is 9.97 Å². The molecule has 3 nitrogen and oxygen atoms in total. The van der Waals surface area contributed by atoms with Crippen LogP contribution in [0.2, 0.25) is 0 Å². The highest BCUT2D eigenvalue weighted by Gasteiger charge is 2.00. The first-order valence-electron chi connectivity index (χ1n) is 4.08. The molecule has 0 saturated heterocycles. The summed E-state index contributed by atoms with van der Waals surface area (Å²) in [6.45, 7) is 0. The zero-order valence-electron chi connectivity index (χ0n) is 7.47. The first kappa shape index (κ1) is 10.5. The van der Waals surface area contributed by atoms with E-state index in [9.17, 15) is 4.79 Å². The van der Waals surface area contributed by atoms with Gasteiger partial charge in [-0.2, -0.15) is 4.98 Å². The zero-order chi connectivity index (χ0) is 10.7. The number of hydrogen-bond acceptors (Lipinski definition) is 5. The SMILES string of the molecule is O=c1nc(Sc2ccccc2)sc(=S)[nH]1. The number of nitrogens with zero attached hydrogens (tertiary/aromatic N) is 1. The Hall–Kier alpha value is -0.980. The number of rotatable bonds is 2. The standard InChI is InChI=1S/C9H6N2OS3/c12-7-10-8(13)15-9(11-7)14-6-4-2-1-3-5-6/h1-5H,(H,10,12,13). The molecule has 0 bridgehead atoms. The molecule has 1 aromatic carbocycles. The van der Waals surface area contributed by atoms with Gasteiger partial charge < -0.3 is 0 Å². The number of H-pyrrole nitrogens is 1. The van der Waals surface area contributed by atoms with Crippen molar-refractivity contribution in [1.29, 1.82) is 0 Å². The summed E-state index contributed by atoms with van der Waals surface area (Å²) in [5.41, 5.74) is -0.391. The van der Waals surface area contributed by atoms with Crippen molar-refractivity contribution < 1.29 is 0 Å². The number of aromatic amines is 1. The van der Waals surface area contributed by atoms with Gasteiger partial charge in [0.05, 0.1) is 0 Å². The van der Waals surface area contributed by atoms with Gasteiger partial charge in [0.2, 0.25) is 0 Å². The van der Waals surface area contributed by atoms with Gasteiger partial charge in [-0.3, -0.25) is 4.98 Å². The molecule has 0 atom stereocenters. The number of benzene rings is 1. The van der Waals surface area contributed by atoms with Gasteiger partial charge >= 0.3 is 5.69 Å². The lowest BCUT2D eigenvalue weighted by Gasteiger charge is -1.97. The summed E-state index contributed by atoms with van der Waals surface area (Å²) in [5.74, 6) is 0. The van der Waals surface area contributed by atoms with Gasteiger partial charge in [0.1, 0.15) is 0 Å². The molecule has 0 fully saturated rings. The molecule has 0 aliphatic rings. The molecule has 0 amide bonds. The van der Waals surface area contributed by atoms with Crippen LogP contribution in [-0.2, 0) is 0 Å². The number of aromatic nitrogens is 2. The molecule has 76 valence electrons. The fraction of sp³-hybridized carbons (Fsp3) is 0. The molecule has 6 heteroatoms. The van der Waals surface area contributed by atoms with Gasteiger partial charge in [0, 0.05) is 4.90 Å². The van der Waals surface area contributed by atoms with E-state index in [0.717, 1.165) is 4.90 Å². The van der Waals surface area contributed by atoms with Crippen LogP contribution < -0.4 is 5.69 Å². The fourth-order valence-corrected chi connectivity index (χ4v) is 3.20. The molecular weight excluding hydrogens is 248 g/mol. The van der Waals surface area contributed by atoms with Crippen molar-refractivity contribution in [2.24, 2.45) is 0 Å². The van der Waals surface area contributed by atoms with Crippen LogP contribution in [0.1, 0.15) is 0 Å². The van der Waals surface area contributed by atoms with Crippen LogP contribution in [0.5, 0.6) is 0 Å². The first-order chi connectivity index (χ1) is 7.24. The summed E-state index contributed by atoms with van der Waals surface area (Å²) in [7, 11) is 0. The summed E-state index contributed by atoms with van der Waals surface area (Å²) < 4.78 is 1.11. The molecule has 2 aromatic rings. The Morgan fingerprint density at radius 1 is 1.33 bits per heavy atom. The van der Waals surface area contributed by atoms with Crippen LogP contribution in [0.15, 0.2) is 44.4 Å². The van der Waals surface area contributed by atoms with Crippen molar-refractivity contribution in [2.75, 3.05) is 0 Å². The van der Waals surface area contributed by atoms with Crippen molar-refractivity contribution in [2.45, 2.75) is 9.24 Å². The maximum absolute atomic E-state index is 11.1. The molecule has 0 saturated carbocycles. The molecule has 0 spiro atoms. The van der Waals surface area contributed by atoms with E-state index in [2.05, 4.69) is 9.97 Å². The minimum absolute atomic E-state index is 0.391. The largest absolute Gasteiger partial charge is 0.348 e. The van der Waals surface area contributed by atoms with E-state index in [4.69, 9.17) is 12.2 Å². The second kappa shape index (κ2) is 4.69. The van der Waals surface area contributed by atoms with Crippen LogP contribution >= 0.6 is 35.3 Å². The Morgan fingerprint density at radius 3 is 2.73 bits per heavy atom. The monoisotopic (exact) mass is 254 g/mol. The predicted molar refractivity (Wildman–Crippen MR) is 64.1 cm³/mol. The van der Waals surface area contributed by atoms with Crippen molar-refractivity contribution in [3.05, 3.63) is 44.8 Å². The van der Waals surface area contributed by atoms with E-state index in [-0.39, 0.29) is 0 Å². The maximum atomic E-state index is 11.1. The van der Waals surface area contributed by atoms with Crippen LogP contribution in [0.25, 0.3) is 0 Å². The second-order valence-electron chi connectivity index (χ2n) is 2.61. The Bertz CT molecular complexity index is 533. The van der Waals surface area contributed by atoms with E-state index in [0.29, 0.717) is 8.29 Å². The van der Waals surface area contributed by atoms with E-state index in [1.165, 1.54) is 23.1 Å². The summed E-state index contributed by atoms with van der Waals surface area (Å²) in [6, 6.07) is 9.74. The third kappa shape index (κ3) is 2.98. The lowest BCUT2D eigenvalue weighted by Crippen LogP contribution is -2.08. The van der Waals surface area contributed by atoms with Gasteiger partial charge in [-0.25, -0.2) is 4.79 Å². The van der Waals surface area contributed by atoms with Crippen LogP contribution in [0.3, 0.4) is 0 Å². The molecule has 1 N–H and O–H groups in total. The highest BCUT2D eigenvalue weighted by Crippen LogP contribution is 2.27. The summed E-state index contributed by atoms with van der Waals surface area (Å²) in [4.78, 5) is 18.4. The first-order valence-corrected chi connectivity index (χ1v) is 6.12. The Morgan fingerprint density at radius 2 is 2.07 bits per heavy atom. The summed E-state index contributed by atoms with van der Waals surface area (Å²) >= 11 is 7.65. The normalized spacial score (nSPS) is 10.1. The molecule has 0 aliphatic heterocycles. The molecule has 1 heterocycles. The highest BCUT2D eigenvalue weighted by atomic mass is 32.2. The molecule has 0 radical (unpaired) electrons. The average Bonchev–Trinajstić information content (AvgIpc) is 2.17. The molecule has 15 heavy (non-hydrogen) atoms. The maximum Gasteiger partial charge on any atom is 0.348 e. The van der Waals surface area contributed by atoms with Gasteiger partial charge in [-0.05, 0) is 24.4 Å². The second-order valence-corrected chi connectivity index (χ2v) is 5.60. The molecule has 1 aromatic heterocycles.